The third-order valence-corrected chi connectivity index (χ3v) is 6.89. The van der Waals surface area contributed by atoms with Crippen LogP contribution in [0, 0.1) is 0 Å². The monoisotopic (exact) mass is 479 g/mol. The number of benzene rings is 2. The lowest BCUT2D eigenvalue weighted by molar-refractivity contribution is -0.123. The molecule has 0 unspecified atom stereocenters. The van der Waals surface area contributed by atoms with Crippen LogP contribution in [0.2, 0.25) is 0 Å². The van der Waals surface area contributed by atoms with Crippen molar-refractivity contribution in [2.24, 2.45) is 0 Å². The molecule has 1 amide bonds. The molecule has 6 nitrogen and oxygen atoms in total. The van der Waals surface area contributed by atoms with Crippen molar-refractivity contribution in [3.8, 4) is 28.4 Å². The van der Waals surface area contributed by atoms with E-state index >= 15 is 0 Å². The van der Waals surface area contributed by atoms with Crippen LogP contribution in [-0.2, 0) is 4.79 Å². The summed E-state index contributed by atoms with van der Waals surface area (Å²) >= 11 is 6.83. The first-order valence-electron chi connectivity index (χ1n) is 10.6. The Kier molecular flexibility index (Phi) is 6.85. The van der Waals surface area contributed by atoms with Crippen molar-refractivity contribution >= 4 is 40.3 Å². The number of nitrogens with zero attached hydrogens (tertiary/aromatic N) is 3. The standard InChI is InChI=1S/C25H25N3O3S2/c1-5-16(2)28-24(29)22(33-25(28)32)14-18-15-27(19-9-7-6-8-10-19)26-23(18)17-11-12-20(30-3)21(13-17)31-4/h6-16H,5H2,1-4H3/b22-14-/t16-/m0/s1. The van der Waals surface area contributed by atoms with Crippen molar-refractivity contribution < 1.29 is 14.3 Å². The lowest BCUT2D eigenvalue weighted by Gasteiger charge is -2.21. The Balaban J connectivity index is 1.83. The average Bonchev–Trinajstić information content (AvgIpc) is 3.39. The fourth-order valence-electron chi connectivity index (χ4n) is 3.60. The molecule has 3 aromatic rings. The topological polar surface area (TPSA) is 56.6 Å². The molecule has 1 fully saturated rings. The van der Waals surface area contributed by atoms with Crippen LogP contribution in [0.1, 0.15) is 25.8 Å². The van der Waals surface area contributed by atoms with Gasteiger partial charge in [0.15, 0.2) is 11.5 Å². The van der Waals surface area contributed by atoms with Crippen molar-refractivity contribution in [3.63, 3.8) is 0 Å². The van der Waals surface area contributed by atoms with E-state index in [0.717, 1.165) is 28.9 Å². The molecular formula is C25H25N3O3S2. The molecule has 4 rings (SSSR count). The lowest BCUT2D eigenvalue weighted by Crippen LogP contribution is -2.36. The molecule has 1 atom stereocenters. The summed E-state index contributed by atoms with van der Waals surface area (Å²) in [6, 6.07) is 15.6. The summed E-state index contributed by atoms with van der Waals surface area (Å²) < 4.78 is 13.3. The van der Waals surface area contributed by atoms with E-state index in [1.54, 1.807) is 19.1 Å². The Hall–Kier alpha value is -3.10. The Labute approximate surface area is 203 Å². The number of para-hydroxylation sites is 1. The molecular weight excluding hydrogens is 454 g/mol. The number of aromatic nitrogens is 2. The second kappa shape index (κ2) is 9.80. The van der Waals surface area contributed by atoms with E-state index in [9.17, 15) is 4.79 Å². The smallest absolute Gasteiger partial charge is 0.266 e. The minimum Gasteiger partial charge on any atom is -0.493 e. The van der Waals surface area contributed by atoms with Crippen molar-refractivity contribution in [1.29, 1.82) is 0 Å². The predicted octanol–water partition coefficient (Wildman–Crippen LogP) is 5.56. The van der Waals surface area contributed by atoms with Gasteiger partial charge in [-0.25, -0.2) is 4.68 Å². The molecule has 170 valence electrons. The number of methoxy groups -OCH3 is 2. The average molecular weight is 480 g/mol. The highest BCUT2D eigenvalue weighted by Gasteiger charge is 2.35. The molecule has 8 heteroatoms. The van der Waals surface area contributed by atoms with E-state index in [1.807, 2.05) is 79.3 Å². The maximum absolute atomic E-state index is 13.1. The van der Waals surface area contributed by atoms with Gasteiger partial charge < -0.3 is 9.47 Å². The number of amides is 1. The maximum atomic E-state index is 13.1. The highest BCUT2D eigenvalue weighted by atomic mass is 32.2. The van der Waals surface area contributed by atoms with Crippen molar-refractivity contribution in [2.45, 2.75) is 26.3 Å². The SMILES string of the molecule is CC[C@H](C)N1C(=O)/C(=C/c2cn(-c3ccccc3)nc2-c2ccc(OC)c(OC)c2)SC1=S. The van der Waals surface area contributed by atoms with Crippen LogP contribution in [0.25, 0.3) is 23.0 Å². The molecule has 2 aromatic carbocycles. The second-order valence-electron chi connectivity index (χ2n) is 7.59. The van der Waals surface area contributed by atoms with Crippen LogP contribution in [0.15, 0.2) is 59.6 Å². The highest BCUT2D eigenvalue weighted by molar-refractivity contribution is 8.26. The van der Waals surface area contributed by atoms with Gasteiger partial charge >= 0.3 is 0 Å². The number of thiocarbonyl (C=S) groups is 1. The molecule has 1 aromatic heterocycles. The van der Waals surface area contributed by atoms with E-state index in [-0.39, 0.29) is 11.9 Å². The Morgan fingerprint density at radius 2 is 1.85 bits per heavy atom. The largest absolute Gasteiger partial charge is 0.493 e. The predicted molar refractivity (Wildman–Crippen MR) is 137 cm³/mol. The Morgan fingerprint density at radius 3 is 2.52 bits per heavy atom. The molecule has 0 aliphatic carbocycles. The molecule has 0 bridgehead atoms. The van der Waals surface area contributed by atoms with Gasteiger partial charge in [-0.1, -0.05) is 49.1 Å². The second-order valence-corrected chi connectivity index (χ2v) is 9.27. The van der Waals surface area contributed by atoms with Crippen LogP contribution in [0.4, 0.5) is 0 Å². The number of thioether (sulfide) groups is 1. The number of hydrogen-bond donors (Lipinski definition) is 0. The van der Waals surface area contributed by atoms with E-state index in [4.69, 9.17) is 26.8 Å². The van der Waals surface area contributed by atoms with E-state index in [0.29, 0.717) is 20.7 Å². The summed E-state index contributed by atoms with van der Waals surface area (Å²) in [5.41, 5.74) is 3.32. The van der Waals surface area contributed by atoms with Crippen molar-refractivity contribution in [2.75, 3.05) is 14.2 Å². The van der Waals surface area contributed by atoms with Crippen LogP contribution in [0.5, 0.6) is 11.5 Å². The minimum absolute atomic E-state index is 0.0563. The first kappa shape index (κ1) is 23.1. The summed E-state index contributed by atoms with van der Waals surface area (Å²) in [5, 5.41) is 4.85. The fraction of sp³-hybridized carbons (Fsp3) is 0.240. The van der Waals surface area contributed by atoms with Crippen LogP contribution >= 0.6 is 24.0 Å². The zero-order chi connectivity index (χ0) is 23.5. The summed E-state index contributed by atoms with van der Waals surface area (Å²) in [6.07, 6.45) is 4.64. The maximum Gasteiger partial charge on any atom is 0.266 e. The Bertz CT molecular complexity index is 1220. The number of ether oxygens (including phenoxy) is 2. The molecule has 0 spiro atoms. The summed E-state index contributed by atoms with van der Waals surface area (Å²) in [6.45, 7) is 4.06. The lowest BCUT2D eigenvalue weighted by atomic mass is 10.1. The third kappa shape index (κ3) is 4.54. The first-order valence-corrected chi connectivity index (χ1v) is 11.8. The van der Waals surface area contributed by atoms with Gasteiger partial charge in [0.1, 0.15) is 10.0 Å². The number of rotatable bonds is 7. The van der Waals surface area contributed by atoms with Gasteiger partial charge in [-0.3, -0.25) is 9.69 Å². The van der Waals surface area contributed by atoms with E-state index < -0.39 is 0 Å². The zero-order valence-electron chi connectivity index (χ0n) is 18.9. The van der Waals surface area contributed by atoms with E-state index in [2.05, 4.69) is 0 Å². The van der Waals surface area contributed by atoms with Crippen LogP contribution in [-0.4, -0.2) is 45.2 Å². The van der Waals surface area contributed by atoms with Gasteiger partial charge in [0, 0.05) is 23.4 Å². The molecule has 0 radical (unpaired) electrons. The Morgan fingerprint density at radius 1 is 1.12 bits per heavy atom. The molecule has 0 N–H and O–H groups in total. The van der Waals surface area contributed by atoms with Gasteiger partial charge in [-0.2, -0.15) is 5.10 Å². The molecule has 33 heavy (non-hydrogen) atoms. The highest BCUT2D eigenvalue weighted by Crippen LogP contribution is 2.38. The number of hydrogen-bond acceptors (Lipinski definition) is 6. The molecule has 1 saturated heterocycles. The van der Waals surface area contributed by atoms with Gasteiger partial charge in [-0.05, 0) is 49.8 Å². The first-order chi connectivity index (χ1) is 16.0. The van der Waals surface area contributed by atoms with Crippen LogP contribution < -0.4 is 9.47 Å². The van der Waals surface area contributed by atoms with Gasteiger partial charge in [0.25, 0.3) is 5.91 Å². The fourth-order valence-corrected chi connectivity index (χ4v) is 5.05. The third-order valence-electron chi connectivity index (χ3n) is 5.56. The summed E-state index contributed by atoms with van der Waals surface area (Å²) in [5.74, 6) is 1.18. The van der Waals surface area contributed by atoms with Gasteiger partial charge in [0.05, 0.1) is 24.8 Å². The molecule has 1 aliphatic heterocycles. The molecule has 1 aliphatic rings. The normalized spacial score (nSPS) is 15.9. The van der Waals surface area contributed by atoms with Gasteiger partial charge in [-0.15, -0.1) is 0 Å². The zero-order valence-corrected chi connectivity index (χ0v) is 20.6. The minimum atomic E-state index is -0.0647. The molecule has 0 saturated carbocycles. The summed E-state index contributed by atoms with van der Waals surface area (Å²) in [4.78, 5) is 15.4. The van der Waals surface area contributed by atoms with E-state index in [1.165, 1.54) is 11.8 Å². The van der Waals surface area contributed by atoms with Crippen molar-refractivity contribution in [3.05, 3.63) is 65.2 Å². The van der Waals surface area contributed by atoms with Gasteiger partial charge in [0.2, 0.25) is 0 Å². The van der Waals surface area contributed by atoms with Crippen LogP contribution in [0.3, 0.4) is 0 Å². The summed E-state index contributed by atoms with van der Waals surface area (Å²) in [7, 11) is 3.21. The number of carbonyl (C=O) groups excluding carboxylic acids is 1. The quantitative estimate of drug-likeness (QED) is 0.327. The van der Waals surface area contributed by atoms with Crippen molar-refractivity contribution in [1.82, 2.24) is 14.7 Å². The number of carbonyl (C=O) groups is 1. The molecule has 2 heterocycles.